The van der Waals surface area contributed by atoms with Crippen LogP contribution in [0, 0.1) is 6.92 Å². The highest BCUT2D eigenvalue weighted by Gasteiger charge is 2.05. The fourth-order valence-electron chi connectivity index (χ4n) is 1.46. The van der Waals surface area contributed by atoms with Crippen LogP contribution < -0.4 is 5.73 Å². The van der Waals surface area contributed by atoms with E-state index < -0.39 is 0 Å². The number of fused-ring (bicyclic) bond motifs is 1. The van der Waals surface area contributed by atoms with Crippen molar-refractivity contribution in [3.05, 3.63) is 35.7 Å². The molecule has 2 aromatic rings. The van der Waals surface area contributed by atoms with Gasteiger partial charge in [-0.25, -0.2) is 4.52 Å². The van der Waals surface area contributed by atoms with Gasteiger partial charge in [-0.05, 0) is 24.6 Å². The topological polar surface area (TPSA) is 63.5 Å². The summed E-state index contributed by atoms with van der Waals surface area (Å²) >= 11 is 0. The quantitative estimate of drug-likeness (QED) is 0.732. The fourth-order valence-corrected chi connectivity index (χ4v) is 1.46. The van der Waals surface area contributed by atoms with Crippen molar-refractivity contribution in [3.63, 3.8) is 0 Å². The molecule has 0 aromatic carbocycles. The van der Waals surface area contributed by atoms with Gasteiger partial charge in [0.25, 0.3) is 0 Å². The van der Waals surface area contributed by atoms with Gasteiger partial charge in [-0.2, -0.15) is 5.10 Å². The highest BCUT2D eigenvalue weighted by molar-refractivity contribution is 5.48. The molecular weight excluding hydrogens is 178 g/mol. The lowest BCUT2D eigenvalue weighted by molar-refractivity contribution is 0.267. The molecular formula is C10H13N3O. The van der Waals surface area contributed by atoms with E-state index in [1.807, 2.05) is 31.3 Å². The van der Waals surface area contributed by atoms with Gasteiger partial charge in [-0.1, -0.05) is 6.07 Å². The molecule has 0 saturated carbocycles. The van der Waals surface area contributed by atoms with Crippen LogP contribution in [0.3, 0.4) is 0 Å². The standard InChI is InChI=1S/C10H13N3O/c1-7-4-9-3-2-8(10(11)6-14)5-13(9)12-7/h2-5,10,14H,6,11H2,1H3. The lowest BCUT2D eigenvalue weighted by atomic mass is 10.1. The van der Waals surface area contributed by atoms with Crippen molar-refractivity contribution >= 4 is 5.52 Å². The predicted octanol–water partition coefficient (Wildman–Crippen LogP) is 0.635. The molecule has 1 unspecified atom stereocenters. The van der Waals surface area contributed by atoms with Crippen molar-refractivity contribution in [3.8, 4) is 0 Å². The van der Waals surface area contributed by atoms with Gasteiger partial charge in [0.2, 0.25) is 0 Å². The van der Waals surface area contributed by atoms with Crippen molar-refractivity contribution in [2.24, 2.45) is 5.73 Å². The van der Waals surface area contributed by atoms with E-state index in [-0.39, 0.29) is 12.6 Å². The second-order valence-corrected chi connectivity index (χ2v) is 3.41. The van der Waals surface area contributed by atoms with Crippen LogP contribution in [0.2, 0.25) is 0 Å². The maximum Gasteiger partial charge on any atom is 0.0664 e. The monoisotopic (exact) mass is 191 g/mol. The third-order valence-corrected chi connectivity index (χ3v) is 2.23. The van der Waals surface area contributed by atoms with Crippen molar-refractivity contribution in [1.29, 1.82) is 0 Å². The summed E-state index contributed by atoms with van der Waals surface area (Å²) in [7, 11) is 0. The Bertz CT molecular complexity index is 450. The van der Waals surface area contributed by atoms with Gasteiger partial charge < -0.3 is 10.8 Å². The summed E-state index contributed by atoms with van der Waals surface area (Å²) in [6.45, 7) is 1.89. The average Bonchev–Trinajstić information content (AvgIpc) is 2.55. The first-order chi connectivity index (χ1) is 6.70. The number of aryl methyl sites for hydroxylation is 1. The van der Waals surface area contributed by atoms with E-state index in [0.717, 1.165) is 16.8 Å². The number of aromatic nitrogens is 2. The van der Waals surface area contributed by atoms with E-state index >= 15 is 0 Å². The minimum Gasteiger partial charge on any atom is -0.394 e. The molecule has 3 N–H and O–H groups in total. The number of rotatable bonds is 2. The van der Waals surface area contributed by atoms with Crippen LogP contribution in [-0.2, 0) is 0 Å². The Hall–Kier alpha value is -1.39. The number of nitrogens with zero attached hydrogens (tertiary/aromatic N) is 2. The Labute approximate surface area is 82.0 Å². The van der Waals surface area contributed by atoms with Gasteiger partial charge in [0.05, 0.1) is 23.9 Å². The first-order valence-electron chi connectivity index (χ1n) is 4.53. The van der Waals surface area contributed by atoms with Gasteiger partial charge in [0.15, 0.2) is 0 Å². The van der Waals surface area contributed by atoms with E-state index in [9.17, 15) is 0 Å². The van der Waals surface area contributed by atoms with Crippen molar-refractivity contribution in [2.75, 3.05) is 6.61 Å². The molecule has 0 radical (unpaired) electrons. The molecule has 0 saturated heterocycles. The molecule has 4 heteroatoms. The number of aliphatic hydroxyl groups excluding tert-OH is 1. The van der Waals surface area contributed by atoms with Gasteiger partial charge in [-0.3, -0.25) is 0 Å². The summed E-state index contributed by atoms with van der Waals surface area (Å²) in [5.74, 6) is 0. The Morgan fingerprint density at radius 1 is 1.57 bits per heavy atom. The summed E-state index contributed by atoms with van der Waals surface area (Å²) < 4.78 is 1.78. The van der Waals surface area contributed by atoms with Crippen LogP contribution in [0.15, 0.2) is 24.4 Å². The lowest BCUT2D eigenvalue weighted by Crippen LogP contribution is -2.14. The van der Waals surface area contributed by atoms with E-state index in [0.29, 0.717) is 0 Å². The second-order valence-electron chi connectivity index (χ2n) is 3.41. The van der Waals surface area contributed by atoms with Gasteiger partial charge in [0, 0.05) is 6.20 Å². The zero-order valence-electron chi connectivity index (χ0n) is 8.01. The first-order valence-corrected chi connectivity index (χ1v) is 4.53. The van der Waals surface area contributed by atoms with Crippen LogP contribution in [0.25, 0.3) is 5.52 Å². The lowest BCUT2D eigenvalue weighted by Gasteiger charge is -2.07. The van der Waals surface area contributed by atoms with Crippen LogP contribution in [0.5, 0.6) is 0 Å². The first kappa shape index (κ1) is 9.18. The molecule has 14 heavy (non-hydrogen) atoms. The number of pyridine rings is 1. The molecule has 2 aromatic heterocycles. The molecule has 4 nitrogen and oxygen atoms in total. The van der Waals surface area contributed by atoms with Gasteiger partial charge >= 0.3 is 0 Å². The van der Waals surface area contributed by atoms with E-state index in [1.165, 1.54) is 0 Å². The molecule has 2 heterocycles. The number of hydrogen-bond acceptors (Lipinski definition) is 3. The Kier molecular flexibility index (Phi) is 2.23. The summed E-state index contributed by atoms with van der Waals surface area (Å²) in [6, 6.07) is 5.53. The predicted molar refractivity (Wildman–Crippen MR) is 53.9 cm³/mol. The van der Waals surface area contributed by atoms with Crippen molar-refractivity contribution in [2.45, 2.75) is 13.0 Å². The second kappa shape index (κ2) is 3.40. The molecule has 0 spiro atoms. The molecule has 0 aliphatic carbocycles. The molecule has 0 fully saturated rings. The fraction of sp³-hybridized carbons (Fsp3) is 0.300. The van der Waals surface area contributed by atoms with Crippen molar-refractivity contribution < 1.29 is 5.11 Å². The zero-order valence-corrected chi connectivity index (χ0v) is 8.01. The molecule has 1 atom stereocenters. The van der Waals surface area contributed by atoms with Crippen molar-refractivity contribution in [1.82, 2.24) is 9.61 Å². The number of aliphatic hydroxyl groups is 1. The largest absolute Gasteiger partial charge is 0.394 e. The minimum atomic E-state index is -0.330. The normalized spacial score (nSPS) is 13.4. The van der Waals surface area contributed by atoms with Gasteiger partial charge in [-0.15, -0.1) is 0 Å². The van der Waals surface area contributed by atoms with E-state index in [1.54, 1.807) is 4.52 Å². The van der Waals surface area contributed by atoms with Crippen LogP contribution in [-0.4, -0.2) is 21.3 Å². The smallest absolute Gasteiger partial charge is 0.0664 e. The maximum atomic E-state index is 8.91. The Morgan fingerprint density at radius 2 is 2.36 bits per heavy atom. The average molecular weight is 191 g/mol. The number of hydrogen-bond donors (Lipinski definition) is 2. The molecule has 0 aliphatic rings. The van der Waals surface area contributed by atoms with Crippen LogP contribution >= 0.6 is 0 Å². The zero-order chi connectivity index (χ0) is 10.1. The highest BCUT2D eigenvalue weighted by atomic mass is 16.3. The molecule has 0 bridgehead atoms. The Balaban J connectivity index is 2.50. The molecule has 74 valence electrons. The van der Waals surface area contributed by atoms with Crippen LogP contribution in [0.4, 0.5) is 0 Å². The molecule has 2 rings (SSSR count). The third kappa shape index (κ3) is 1.49. The summed E-state index contributed by atoms with van der Waals surface area (Å²) in [5.41, 5.74) is 8.60. The summed E-state index contributed by atoms with van der Waals surface area (Å²) in [5, 5.41) is 13.2. The SMILES string of the molecule is Cc1cc2ccc(C(N)CO)cn2n1. The third-order valence-electron chi connectivity index (χ3n) is 2.23. The van der Waals surface area contributed by atoms with Crippen LogP contribution in [0.1, 0.15) is 17.3 Å². The Morgan fingerprint density at radius 3 is 3.07 bits per heavy atom. The summed E-state index contributed by atoms with van der Waals surface area (Å²) in [4.78, 5) is 0. The summed E-state index contributed by atoms with van der Waals surface area (Å²) in [6.07, 6.45) is 1.85. The highest BCUT2D eigenvalue weighted by Crippen LogP contribution is 2.12. The maximum absolute atomic E-state index is 8.91. The number of nitrogens with two attached hydrogens (primary N) is 1. The molecule has 0 amide bonds. The van der Waals surface area contributed by atoms with Gasteiger partial charge in [0.1, 0.15) is 0 Å². The minimum absolute atomic E-state index is 0.0498. The van der Waals surface area contributed by atoms with E-state index in [4.69, 9.17) is 10.8 Å². The van der Waals surface area contributed by atoms with E-state index in [2.05, 4.69) is 5.10 Å². The molecule has 0 aliphatic heterocycles.